The van der Waals surface area contributed by atoms with E-state index in [1.165, 1.54) is 5.75 Å². The highest BCUT2D eigenvalue weighted by Crippen LogP contribution is 2.25. The quantitative estimate of drug-likeness (QED) is 0.737. The number of aliphatic hydroxyl groups is 1. The Kier molecular flexibility index (Phi) is 3.66. The first kappa shape index (κ1) is 11.3. The summed E-state index contributed by atoms with van der Waals surface area (Å²) >= 11 is 2.03. The van der Waals surface area contributed by atoms with E-state index in [0.717, 1.165) is 13.1 Å². The number of nitrogens with zero attached hydrogens (tertiary/aromatic N) is 1. The lowest BCUT2D eigenvalue weighted by Gasteiger charge is -2.40. The van der Waals surface area contributed by atoms with Gasteiger partial charge in [-0.1, -0.05) is 6.92 Å². The zero-order valence-corrected chi connectivity index (χ0v) is 9.90. The van der Waals surface area contributed by atoms with Crippen molar-refractivity contribution in [3.63, 3.8) is 0 Å². The van der Waals surface area contributed by atoms with Crippen LogP contribution in [0.2, 0.25) is 0 Å². The number of hydrogen-bond donors (Lipinski definition) is 1. The minimum atomic E-state index is -0.560. The molecule has 78 valence electrons. The predicted octanol–water partition coefficient (Wildman–Crippen LogP) is 1.58. The maximum atomic E-state index is 9.73. The fourth-order valence-electron chi connectivity index (χ4n) is 1.72. The average Bonchev–Trinajstić information content (AvgIpc) is 1.96. The molecule has 2 nitrogen and oxygen atoms in total. The molecule has 1 fully saturated rings. The van der Waals surface area contributed by atoms with Gasteiger partial charge < -0.3 is 5.11 Å². The Hall–Kier alpha value is 0.270. The van der Waals surface area contributed by atoms with Gasteiger partial charge in [0.1, 0.15) is 0 Å². The SMILES string of the molecule is CC1SCCN(CC(C)(C)O)C1C. The number of β-amino-alcohol motifs (C(OH)–C–C–N with tert-alkyl or cyclic N) is 1. The summed E-state index contributed by atoms with van der Waals surface area (Å²) in [7, 11) is 0. The van der Waals surface area contributed by atoms with E-state index in [1.807, 2.05) is 25.6 Å². The van der Waals surface area contributed by atoms with Crippen molar-refractivity contribution >= 4 is 11.8 Å². The summed E-state index contributed by atoms with van der Waals surface area (Å²) in [4.78, 5) is 2.39. The van der Waals surface area contributed by atoms with Gasteiger partial charge in [-0.25, -0.2) is 0 Å². The molecule has 13 heavy (non-hydrogen) atoms. The Bertz CT molecular complexity index is 167. The van der Waals surface area contributed by atoms with Crippen LogP contribution in [-0.4, -0.2) is 45.7 Å². The highest BCUT2D eigenvalue weighted by atomic mass is 32.2. The minimum Gasteiger partial charge on any atom is -0.389 e. The van der Waals surface area contributed by atoms with Crippen LogP contribution in [0.4, 0.5) is 0 Å². The lowest BCUT2D eigenvalue weighted by Crippen LogP contribution is -2.50. The number of thioether (sulfide) groups is 1. The van der Waals surface area contributed by atoms with Crippen molar-refractivity contribution in [1.82, 2.24) is 4.90 Å². The normalized spacial score (nSPS) is 32.1. The zero-order chi connectivity index (χ0) is 10.1. The second kappa shape index (κ2) is 4.20. The Morgan fingerprint density at radius 2 is 2.08 bits per heavy atom. The second-order valence-corrected chi connectivity index (χ2v) is 6.08. The fourth-order valence-corrected chi connectivity index (χ4v) is 2.88. The van der Waals surface area contributed by atoms with E-state index in [9.17, 15) is 5.11 Å². The van der Waals surface area contributed by atoms with E-state index in [0.29, 0.717) is 11.3 Å². The third kappa shape index (κ3) is 3.49. The Morgan fingerprint density at radius 1 is 1.46 bits per heavy atom. The summed E-state index contributed by atoms with van der Waals surface area (Å²) in [6, 6.07) is 0.588. The molecule has 0 aromatic rings. The van der Waals surface area contributed by atoms with Crippen LogP contribution in [0.15, 0.2) is 0 Å². The monoisotopic (exact) mass is 203 g/mol. The van der Waals surface area contributed by atoms with Gasteiger partial charge in [-0.05, 0) is 20.8 Å². The van der Waals surface area contributed by atoms with Crippen LogP contribution in [0, 0.1) is 0 Å². The summed E-state index contributed by atoms with van der Waals surface area (Å²) in [5, 5.41) is 10.4. The van der Waals surface area contributed by atoms with Gasteiger partial charge in [-0.2, -0.15) is 11.8 Å². The van der Waals surface area contributed by atoms with Crippen LogP contribution < -0.4 is 0 Å². The van der Waals surface area contributed by atoms with Crippen molar-refractivity contribution in [3.8, 4) is 0 Å². The van der Waals surface area contributed by atoms with Gasteiger partial charge in [0, 0.05) is 30.1 Å². The Morgan fingerprint density at radius 3 is 2.62 bits per heavy atom. The molecule has 1 aliphatic heterocycles. The van der Waals surface area contributed by atoms with Crippen LogP contribution in [0.5, 0.6) is 0 Å². The summed E-state index contributed by atoms with van der Waals surface area (Å²) in [5.74, 6) is 1.20. The van der Waals surface area contributed by atoms with Gasteiger partial charge in [0.05, 0.1) is 5.60 Å². The molecular weight excluding hydrogens is 182 g/mol. The van der Waals surface area contributed by atoms with Gasteiger partial charge in [0.15, 0.2) is 0 Å². The van der Waals surface area contributed by atoms with E-state index in [2.05, 4.69) is 18.7 Å². The zero-order valence-electron chi connectivity index (χ0n) is 9.08. The first-order valence-corrected chi connectivity index (χ1v) is 6.03. The summed E-state index contributed by atoms with van der Waals surface area (Å²) in [5.41, 5.74) is -0.560. The van der Waals surface area contributed by atoms with E-state index in [4.69, 9.17) is 0 Å². The first-order chi connectivity index (χ1) is 5.90. The molecule has 2 atom stereocenters. The second-order valence-electron chi connectivity index (χ2n) is 4.60. The van der Waals surface area contributed by atoms with E-state index >= 15 is 0 Å². The van der Waals surface area contributed by atoms with Gasteiger partial charge in [0.2, 0.25) is 0 Å². The molecule has 1 aliphatic rings. The van der Waals surface area contributed by atoms with Crippen molar-refractivity contribution in [2.45, 2.75) is 44.6 Å². The van der Waals surface area contributed by atoms with Gasteiger partial charge in [-0.3, -0.25) is 4.90 Å². The molecule has 0 saturated carbocycles. The van der Waals surface area contributed by atoms with Gasteiger partial charge in [-0.15, -0.1) is 0 Å². The molecule has 3 heteroatoms. The standard InChI is InChI=1S/C10H21NOS/c1-8-9(2)13-6-5-11(8)7-10(3,4)12/h8-9,12H,5-7H2,1-4H3. The summed E-state index contributed by atoms with van der Waals surface area (Å²) in [6.07, 6.45) is 0. The maximum absolute atomic E-state index is 9.73. The minimum absolute atomic E-state index is 0.560. The maximum Gasteiger partial charge on any atom is 0.0718 e. The third-order valence-electron chi connectivity index (χ3n) is 2.60. The Balaban J connectivity index is 2.49. The first-order valence-electron chi connectivity index (χ1n) is 4.98. The van der Waals surface area contributed by atoms with Crippen LogP contribution in [0.25, 0.3) is 0 Å². The highest BCUT2D eigenvalue weighted by Gasteiger charge is 2.28. The largest absolute Gasteiger partial charge is 0.389 e. The topological polar surface area (TPSA) is 23.5 Å². The number of rotatable bonds is 2. The predicted molar refractivity (Wildman–Crippen MR) is 59.3 cm³/mol. The van der Waals surface area contributed by atoms with Crippen LogP contribution >= 0.6 is 11.8 Å². The van der Waals surface area contributed by atoms with Crippen molar-refractivity contribution in [3.05, 3.63) is 0 Å². The highest BCUT2D eigenvalue weighted by molar-refractivity contribution is 8.00. The molecule has 0 aliphatic carbocycles. The van der Waals surface area contributed by atoms with Gasteiger partial charge in [0.25, 0.3) is 0 Å². The number of hydrogen-bond acceptors (Lipinski definition) is 3. The van der Waals surface area contributed by atoms with Gasteiger partial charge >= 0.3 is 0 Å². The van der Waals surface area contributed by atoms with E-state index in [1.54, 1.807) is 0 Å². The molecule has 0 amide bonds. The molecule has 1 heterocycles. The lowest BCUT2D eigenvalue weighted by atomic mass is 10.1. The molecule has 2 unspecified atom stereocenters. The lowest BCUT2D eigenvalue weighted by molar-refractivity contribution is 0.0244. The molecule has 0 radical (unpaired) electrons. The Labute approximate surface area is 85.7 Å². The van der Waals surface area contributed by atoms with Crippen LogP contribution in [0.1, 0.15) is 27.7 Å². The molecule has 0 spiro atoms. The fraction of sp³-hybridized carbons (Fsp3) is 1.00. The molecule has 0 bridgehead atoms. The molecule has 0 aromatic heterocycles. The molecule has 1 rings (SSSR count). The average molecular weight is 203 g/mol. The van der Waals surface area contributed by atoms with E-state index < -0.39 is 5.60 Å². The summed E-state index contributed by atoms with van der Waals surface area (Å²) in [6.45, 7) is 10.2. The third-order valence-corrected chi connectivity index (χ3v) is 3.94. The van der Waals surface area contributed by atoms with Crippen molar-refractivity contribution < 1.29 is 5.11 Å². The van der Waals surface area contributed by atoms with Crippen molar-refractivity contribution in [2.24, 2.45) is 0 Å². The van der Waals surface area contributed by atoms with Crippen molar-refractivity contribution in [2.75, 3.05) is 18.8 Å². The van der Waals surface area contributed by atoms with Crippen LogP contribution in [0.3, 0.4) is 0 Å². The molecule has 1 N–H and O–H groups in total. The molecular formula is C10H21NOS. The van der Waals surface area contributed by atoms with Crippen molar-refractivity contribution in [1.29, 1.82) is 0 Å². The van der Waals surface area contributed by atoms with E-state index in [-0.39, 0.29) is 0 Å². The van der Waals surface area contributed by atoms with Crippen LogP contribution in [-0.2, 0) is 0 Å². The molecule has 0 aromatic carbocycles. The summed E-state index contributed by atoms with van der Waals surface area (Å²) < 4.78 is 0. The smallest absolute Gasteiger partial charge is 0.0718 e. The molecule has 1 saturated heterocycles.